The van der Waals surface area contributed by atoms with Crippen molar-refractivity contribution in [1.29, 1.82) is 0 Å². The summed E-state index contributed by atoms with van der Waals surface area (Å²) in [6, 6.07) is 3.16. The van der Waals surface area contributed by atoms with Gasteiger partial charge in [0.1, 0.15) is 5.76 Å². The lowest BCUT2D eigenvalue weighted by atomic mass is 10.4. The third-order valence-corrected chi connectivity index (χ3v) is 4.47. The van der Waals surface area contributed by atoms with Crippen LogP contribution in [0.3, 0.4) is 0 Å². The zero-order chi connectivity index (χ0) is 14.3. The minimum Gasteiger partial charge on any atom is -0.447 e. The van der Waals surface area contributed by atoms with Crippen LogP contribution in [0, 0.1) is 0 Å². The highest BCUT2D eigenvalue weighted by atomic mass is 32.2. The standard InChI is InChI=1S/C12H22N2O4S/c1-4-14(8-9-17-5-2)19(15,16)12-7-6-11(18-12)10-13-3/h6-7,13H,4-5,8-10H2,1-3H3. The van der Waals surface area contributed by atoms with E-state index in [-0.39, 0.29) is 5.09 Å². The van der Waals surface area contributed by atoms with Gasteiger partial charge in [0.2, 0.25) is 5.09 Å². The van der Waals surface area contributed by atoms with Gasteiger partial charge in [-0.25, -0.2) is 8.42 Å². The molecule has 1 heterocycles. The van der Waals surface area contributed by atoms with Gasteiger partial charge in [-0.05, 0) is 26.1 Å². The Kier molecular flexibility index (Phi) is 6.50. The average molecular weight is 290 g/mol. The van der Waals surface area contributed by atoms with Gasteiger partial charge in [0.25, 0.3) is 10.0 Å². The lowest BCUT2D eigenvalue weighted by Gasteiger charge is -2.18. The molecule has 0 aliphatic heterocycles. The van der Waals surface area contributed by atoms with Crippen LogP contribution >= 0.6 is 0 Å². The van der Waals surface area contributed by atoms with Gasteiger partial charge in [-0.15, -0.1) is 0 Å². The normalized spacial score (nSPS) is 12.2. The zero-order valence-electron chi connectivity index (χ0n) is 11.7. The smallest absolute Gasteiger partial charge is 0.276 e. The molecule has 0 spiro atoms. The molecule has 0 amide bonds. The van der Waals surface area contributed by atoms with Crippen molar-refractivity contribution in [3.8, 4) is 0 Å². The highest BCUT2D eigenvalue weighted by Gasteiger charge is 2.26. The Labute approximate surface area is 114 Å². The molecule has 110 valence electrons. The summed E-state index contributed by atoms with van der Waals surface area (Å²) in [4.78, 5) is 0. The van der Waals surface area contributed by atoms with Crippen molar-refractivity contribution in [2.24, 2.45) is 0 Å². The van der Waals surface area contributed by atoms with Crippen molar-refractivity contribution in [2.75, 3.05) is 33.4 Å². The third-order valence-electron chi connectivity index (χ3n) is 2.62. The number of nitrogens with one attached hydrogen (secondary N) is 1. The van der Waals surface area contributed by atoms with Gasteiger partial charge in [0, 0.05) is 19.7 Å². The van der Waals surface area contributed by atoms with E-state index in [0.29, 0.717) is 38.6 Å². The molecule has 1 aromatic rings. The number of ether oxygens (including phenoxy) is 1. The van der Waals surface area contributed by atoms with Crippen LogP contribution in [0.25, 0.3) is 0 Å². The molecule has 0 bridgehead atoms. The van der Waals surface area contributed by atoms with Crippen LogP contribution in [-0.4, -0.2) is 46.1 Å². The number of nitrogens with zero attached hydrogens (tertiary/aromatic N) is 1. The molecule has 1 N–H and O–H groups in total. The van der Waals surface area contributed by atoms with E-state index in [2.05, 4.69) is 5.32 Å². The molecule has 0 saturated heterocycles. The minimum atomic E-state index is -3.57. The van der Waals surface area contributed by atoms with Crippen LogP contribution in [0.2, 0.25) is 0 Å². The van der Waals surface area contributed by atoms with E-state index < -0.39 is 10.0 Å². The van der Waals surface area contributed by atoms with E-state index in [9.17, 15) is 8.42 Å². The Morgan fingerprint density at radius 1 is 1.37 bits per heavy atom. The van der Waals surface area contributed by atoms with Crippen molar-refractivity contribution in [1.82, 2.24) is 9.62 Å². The fourth-order valence-electron chi connectivity index (χ4n) is 1.65. The van der Waals surface area contributed by atoms with E-state index in [4.69, 9.17) is 9.15 Å². The van der Waals surface area contributed by atoms with Gasteiger partial charge in [-0.1, -0.05) is 6.92 Å². The van der Waals surface area contributed by atoms with E-state index in [1.165, 1.54) is 10.4 Å². The molecule has 6 nitrogen and oxygen atoms in total. The number of hydrogen-bond acceptors (Lipinski definition) is 5. The summed E-state index contributed by atoms with van der Waals surface area (Å²) in [5.41, 5.74) is 0. The Morgan fingerprint density at radius 2 is 2.11 bits per heavy atom. The SMILES string of the molecule is CCOCCN(CC)S(=O)(=O)c1ccc(CNC)o1. The Balaban J connectivity index is 2.80. The maximum Gasteiger partial charge on any atom is 0.276 e. The molecular formula is C12H22N2O4S. The first-order valence-electron chi connectivity index (χ1n) is 6.37. The molecular weight excluding hydrogens is 268 g/mol. The molecule has 0 aromatic carbocycles. The fraction of sp³-hybridized carbons (Fsp3) is 0.667. The second-order valence-electron chi connectivity index (χ2n) is 3.94. The predicted molar refractivity (Wildman–Crippen MR) is 72.4 cm³/mol. The molecule has 1 aromatic heterocycles. The molecule has 0 aliphatic carbocycles. The summed E-state index contributed by atoms with van der Waals surface area (Å²) in [5.74, 6) is 0.599. The molecule has 0 unspecified atom stereocenters. The molecule has 0 radical (unpaired) electrons. The van der Waals surface area contributed by atoms with Gasteiger partial charge in [0.15, 0.2) is 0 Å². The Morgan fingerprint density at radius 3 is 2.68 bits per heavy atom. The highest BCUT2D eigenvalue weighted by Crippen LogP contribution is 2.18. The van der Waals surface area contributed by atoms with Crippen molar-refractivity contribution >= 4 is 10.0 Å². The topological polar surface area (TPSA) is 71.8 Å². The van der Waals surface area contributed by atoms with Crippen molar-refractivity contribution < 1.29 is 17.6 Å². The van der Waals surface area contributed by atoms with E-state index in [1.54, 1.807) is 20.0 Å². The lowest BCUT2D eigenvalue weighted by molar-refractivity contribution is 0.135. The molecule has 7 heteroatoms. The van der Waals surface area contributed by atoms with E-state index >= 15 is 0 Å². The average Bonchev–Trinajstić information content (AvgIpc) is 2.84. The van der Waals surface area contributed by atoms with Crippen LogP contribution in [-0.2, 0) is 21.3 Å². The summed E-state index contributed by atoms with van der Waals surface area (Å²) in [5, 5.41) is 2.89. The Hall–Kier alpha value is -0.890. The van der Waals surface area contributed by atoms with Gasteiger partial charge in [0.05, 0.1) is 13.2 Å². The third kappa shape index (κ3) is 4.31. The summed E-state index contributed by atoms with van der Waals surface area (Å²) < 4.78 is 36.6. The van der Waals surface area contributed by atoms with Crippen molar-refractivity contribution in [3.05, 3.63) is 17.9 Å². The monoisotopic (exact) mass is 290 g/mol. The Bertz CT molecular complexity index is 470. The van der Waals surface area contributed by atoms with E-state index in [0.717, 1.165) is 0 Å². The van der Waals surface area contributed by atoms with Crippen LogP contribution in [0.4, 0.5) is 0 Å². The first kappa shape index (κ1) is 16.2. The van der Waals surface area contributed by atoms with Gasteiger partial charge in [-0.3, -0.25) is 0 Å². The predicted octanol–water partition coefficient (Wildman–Crippen LogP) is 1.05. The summed E-state index contributed by atoms with van der Waals surface area (Å²) >= 11 is 0. The second-order valence-corrected chi connectivity index (χ2v) is 5.81. The first-order valence-corrected chi connectivity index (χ1v) is 7.81. The quantitative estimate of drug-likeness (QED) is 0.688. The van der Waals surface area contributed by atoms with Crippen LogP contribution < -0.4 is 5.32 Å². The second kappa shape index (κ2) is 7.64. The first-order chi connectivity index (χ1) is 9.06. The summed E-state index contributed by atoms with van der Waals surface area (Å²) in [6.45, 7) is 5.84. The van der Waals surface area contributed by atoms with Crippen molar-refractivity contribution in [3.63, 3.8) is 0 Å². The zero-order valence-corrected chi connectivity index (χ0v) is 12.5. The number of hydrogen-bond donors (Lipinski definition) is 1. The fourth-order valence-corrected chi connectivity index (χ4v) is 3.01. The molecule has 0 fully saturated rings. The molecule has 19 heavy (non-hydrogen) atoms. The van der Waals surface area contributed by atoms with Gasteiger partial charge < -0.3 is 14.5 Å². The minimum absolute atomic E-state index is 0.0175. The molecule has 0 atom stereocenters. The maximum absolute atomic E-state index is 12.3. The number of rotatable bonds is 9. The summed E-state index contributed by atoms with van der Waals surface area (Å²) in [7, 11) is -1.80. The highest BCUT2D eigenvalue weighted by molar-refractivity contribution is 7.89. The van der Waals surface area contributed by atoms with Gasteiger partial charge in [-0.2, -0.15) is 4.31 Å². The summed E-state index contributed by atoms with van der Waals surface area (Å²) in [6.07, 6.45) is 0. The molecule has 1 rings (SSSR count). The number of likely N-dealkylation sites (N-methyl/N-ethyl adjacent to an activating group) is 1. The van der Waals surface area contributed by atoms with Crippen LogP contribution in [0.1, 0.15) is 19.6 Å². The lowest BCUT2D eigenvalue weighted by Crippen LogP contribution is -2.33. The number of furan rings is 1. The van der Waals surface area contributed by atoms with Crippen LogP contribution in [0.15, 0.2) is 21.6 Å². The van der Waals surface area contributed by atoms with Crippen LogP contribution in [0.5, 0.6) is 0 Å². The van der Waals surface area contributed by atoms with Crippen molar-refractivity contribution in [2.45, 2.75) is 25.5 Å². The molecule has 0 aliphatic rings. The van der Waals surface area contributed by atoms with E-state index in [1.807, 2.05) is 6.92 Å². The largest absolute Gasteiger partial charge is 0.447 e. The van der Waals surface area contributed by atoms with Gasteiger partial charge >= 0.3 is 0 Å². The maximum atomic E-state index is 12.3. The number of sulfonamides is 1. The molecule has 0 saturated carbocycles.